The molecule has 2 unspecified atom stereocenters. The molecule has 1 aliphatic carbocycles. The van der Waals surface area contributed by atoms with Crippen LogP contribution in [-0.2, 0) is 5.60 Å². The third-order valence-corrected chi connectivity index (χ3v) is 6.67. The summed E-state index contributed by atoms with van der Waals surface area (Å²) in [6, 6.07) is 18.4. The van der Waals surface area contributed by atoms with E-state index in [9.17, 15) is 5.11 Å². The van der Waals surface area contributed by atoms with Crippen molar-refractivity contribution in [1.29, 1.82) is 0 Å². The standard InChI is InChI=1S/C23H29ClN2O/c24-21-11-4-5-12-22(21)26-16-14-25(15-17-26)18-20-10-6-7-13-23(20,27)19-8-2-1-3-9-19/h1-5,8-9,11-12,20,27H,6-7,10,13-18H2. The molecule has 1 aliphatic heterocycles. The average molecular weight is 385 g/mol. The number of halogens is 1. The van der Waals surface area contributed by atoms with E-state index >= 15 is 0 Å². The van der Waals surface area contributed by atoms with Gasteiger partial charge in [-0.15, -0.1) is 0 Å². The van der Waals surface area contributed by atoms with E-state index in [1.807, 2.05) is 30.3 Å². The van der Waals surface area contributed by atoms with E-state index in [1.54, 1.807) is 0 Å². The summed E-state index contributed by atoms with van der Waals surface area (Å²) in [6.45, 7) is 4.99. The lowest BCUT2D eigenvalue weighted by molar-refractivity contribution is -0.0660. The number of anilines is 1. The van der Waals surface area contributed by atoms with Crippen LogP contribution < -0.4 is 4.90 Å². The quantitative estimate of drug-likeness (QED) is 0.838. The fourth-order valence-electron chi connectivity index (χ4n) is 4.77. The van der Waals surface area contributed by atoms with E-state index in [0.717, 1.165) is 68.3 Å². The molecule has 0 amide bonds. The smallest absolute Gasteiger partial charge is 0.0936 e. The minimum Gasteiger partial charge on any atom is -0.385 e. The molecule has 0 aromatic heterocycles. The molecule has 2 aliphatic rings. The van der Waals surface area contributed by atoms with Crippen molar-refractivity contribution in [2.24, 2.45) is 5.92 Å². The molecule has 2 aromatic rings. The summed E-state index contributed by atoms with van der Waals surface area (Å²) in [5, 5.41) is 12.4. The Morgan fingerprint density at radius 3 is 2.37 bits per heavy atom. The minimum absolute atomic E-state index is 0.306. The molecule has 1 heterocycles. The largest absolute Gasteiger partial charge is 0.385 e. The molecule has 0 spiro atoms. The summed E-state index contributed by atoms with van der Waals surface area (Å²) in [6.07, 6.45) is 4.32. The molecule has 1 saturated heterocycles. The van der Waals surface area contributed by atoms with Crippen molar-refractivity contribution in [2.75, 3.05) is 37.6 Å². The molecular weight excluding hydrogens is 356 g/mol. The first-order chi connectivity index (χ1) is 13.2. The Balaban J connectivity index is 1.41. The number of piperazine rings is 1. The summed E-state index contributed by atoms with van der Waals surface area (Å²) in [5.74, 6) is 0.306. The van der Waals surface area contributed by atoms with Crippen molar-refractivity contribution in [2.45, 2.75) is 31.3 Å². The predicted octanol–water partition coefficient (Wildman–Crippen LogP) is 4.54. The first-order valence-corrected chi connectivity index (χ1v) is 10.5. The number of aliphatic hydroxyl groups is 1. The van der Waals surface area contributed by atoms with E-state index in [1.165, 1.54) is 6.42 Å². The van der Waals surface area contributed by atoms with Crippen molar-refractivity contribution >= 4 is 17.3 Å². The van der Waals surface area contributed by atoms with Gasteiger partial charge in [0.05, 0.1) is 16.3 Å². The van der Waals surface area contributed by atoms with Gasteiger partial charge >= 0.3 is 0 Å². The van der Waals surface area contributed by atoms with Crippen LogP contribution in [0.4, 0.5) is 5.69 Å². The van der Waals surface area contributed by atoms with Crippen molar-refractivity contribution in [1.82, 2.24) is 4.90 Å². The maximum absolute atomic E-state index is 11.5. The normalized spacial score (nSPS) is 26.9. The zero-order valence-corrected chi connectivity index (χ0v) is 16.6. The van der Waals surface area contributed by atoms with Gasteiger partial charge in [-0.2, -0.15) is 0 Å². The highest BCUT2D eigenvalue weighted by Crippen LogP contribution is 2.42. The summed E-state index contributed by atoms with van der Waals surface area (Å²) in [5.41, 5.74) is 1.54. The third kappa shape index (κ3) is 4.01. The number of nitrogens with zero attached hydrogens (tertiary/aromatic N) is 2. The van der Waals surface area contributed by atoms with Crippen LogP contribution in [0.1, 0.15) is 31.2 Å². The van der Waals surface area contributed by atoms with Crippen molar-refractivity contribution < 1.29 is 5.11 Å². The van der Waals surface area contributed by atoms with Crippen LogP contribution in [0, 0.1) is 5.92 Å². The Bertz CT molecular complexity index is 745. The van der Waals surface area contributed by atoms with Gasteiger partial charge in [0.2, 0.25) is 0 Å². The number of benzene rings is 2. The Labute approximate surface area is 167 Å². The molecule has 2 fully saturated rings. The van der Waals surface area contributed by atoms with Gasteiger partial charge in [0.15, 0.2) is 0 Å². The Morgan fingerprint density at radius 1 is 0.926 bits per heavy atom. The highest BCUT2D eigenvalue weighted by molar-refractivity contribution is 6.33. The monoisotopic (exact) mass is 384 g/mol. The Morgan fingerprint density at radius 2 is 1.63 bits per heavy atom. The van der Waals surface area contributed by atoms with E-state index in [-0.39, 0.29) is 0 Å². The van der Waals surface area contributed by atoms with Crippen molar-refractivity contribution in [3.8, 4) is 0 Å². The molecule has 2 atom stereocenters. The van der Waals surface area contributed by atoms with E-state index < -0.39 is 5.60 Å². The van der Waals surface area contributed by atoms with Crippen LogP contribution in [0.25, 0.3) is 0 Å². The lowest BCUT2D eigenvalue weighted by atomic mass is 9.71. The molecule has 1 saturated carbocycles. The van der Waals surface area contributed by atoms with E-state index in [2.05, 4.69) is 34.1 Å². The maximum atomic E-state index is 11.5. The third-order valence-electron chi connectivity index (χ3n) is 6.35. The SMILES string of the molecule is OC1(c2ccccc2)CCCCC1CN1CCN(c2ccccc2Cl)CC1. The zero-order chi connectivity index (χ0) is 18.7. The molecule has 4 heteroatoms. The topological polar surface area (TPSA) is 26.7 Å². The molecule has 1 N–H and O–H groups in total. The van der Waals surface area contributed by atoms with Crippen LogP contribution in [-0.4, -0.2) is 42.7 Å². The number of para-hydroxylation sites is 1. The Hall–Kier alpha value is -1.55. The van der Waals surface area contributed by atoms with E-state index in [0.29, 0.717) is 5.92 Å². The second-order valence-electron chi connectivity index (χ2n) is 7.97. The van der Waals surface area contributed by atoms with Gasteiger partial charge in [-0.3, -0.25) is 4.90 Å². The number of hydrogen-bond acceptors (Lipinski definition) is 3. The van der Waals surface area contributed by atoms with Gasteiger partial charge in [0, 0.05) is 38.6 Å². The first-order valence-electron chi connectivity index (χ1n) is 10.2. The van der Waals surface area contributed by atoms with Crippen LogP contribution in [0.5, 0.6) is 0 Å². The van der Waals surface area contributed by atoms with Crippen molar-refractivity contribution in [3.63, 3.8) is 0 Å². The van der Waals surface area contributed by atoms with E-state index in [4.69, 9.17) is 11.6 Å². The molecule has 4 rings (SSSR count). The zero-order valence-electron chi connectivity index (χ0n) is 15.9. The Kier molecular flexibility index (Phi) is 5.72. The highest BCUT2D eigenvalue weighted by atomic mass is 35.5. The van der Waals surface area contributed by atoms with Crippen LogP contribution in [0.15, 0.2) is 54.6 Å². The molecular formula is C23H29ClN2O. The predicted molar refractivity (Wildman–Crippen MR) is 112 cm³/mol. The molecule has 0 bridgehead atoms. The van der Waals surface area contributed by atoms with Gasteiger partial charge in [-0.1, -0.05) is 66.9 Å². The number of hydrogen-bond donors (Lipinski definition) is 1. The maximum Gasteiger partial charge on any atom is 0.0936 e. The highest BCUT2D eigenvalue weighted by Gasteiger charge is 2.41. The van der Waals surface area contributed by atoms with Gasteiger partial charge in [-0.25, -0.2) is 0 Å². The van der Waals surface area contributed by atoms with Crippen LogP contribution in [0.3, 0.4) is 0 Å². The summed E-state index contributed by atoms with van der Waals surface area (Å²) >= 11 is 6.37. The molecule has 0 radical (unpaired) electrons. The summed E-state index contributed by atoms with van der Waals surface area (Å²) in [7, 11) is 0. The lowest BCUT2D eigenvalue weighted by Crippen LogP contribution is -2.51. The first kappa shape index (κ1) is 18.8. The fraction of sp³-hybridized carbons (Fsp3) is 0.478. The molecule has 3 nitrogen and oxygen atoms in total. The van der Waals surface area contributed by atoms with Gasteiger partial charge in [0.25, 0.3) is 0 Å². The molecule has 2 aromatic carbocycles. The number of rotatable bonds is 4. The van der Waals surface area contributed by atoms with Crippen LogP contribution in [0.2, 0.25) is 5.02 Å². The second kappa shape index (κ2) is 8.22. The fourth-order valence-corrected chi connectivity index (χ4v) is 5.02. The molecule has 144 valence electrons. The summed E-state index contributed by atoms with van der Waals surface area (Å²) in [4.78, 5) is 4.90. The van der Waals surface area contributed by atoms with Gasteiger partial charge in [-0.05, 0) is 30.5 Å². The van der Waals surface area contributed by atoms with Gasteiger partial charge in [0.1, 0.15) is 0 Å². The minimum atomic E-state index is -0.681. The van der Waals surface area contributed by atoms with Crippen LogP contribution >= 0.6 is 11.6 Å². The summed E-state index contributed by atoms with van der Waals surface area (Å²) < 4.78 is 0. The molecule has 27 heavy (non-hydrogen) atoms. The average Bonchev–Trinajstić information content (AvgIpc) is 2.72. The lowest BCUT2D eigenvalue weighted by Gasteiger charge is -2.44. The van der Waals surface area contributed by atoms with Gasteiger partial charge < -0.3 is 10.0 Å². The second-order valence-corrected chi connectivity index (χ2v) is 8.38. The van der Waals surface area contributed by atoms with Crippen molar-refractivity contribution in [3.05, 3.63) is 65.2 Å².